The van der Waals surface area contributed by atoms with Crippen LogP contribution in [0.15, 0.2) is 29.8 Å². The third-order valence-electron chi connectivity index (χ3n) is 5.91. The molecule has 0 aliphatic heterocycles. The van der Waals surface area contributed by atoms with Crippen LogP contribution >= 0.6 is 0 Å². The van der Waals surface area contributed by atoms with Gasteiger partial charge in [-0.3, -0.25) is 4.79 Å². The highest BCUT2D eigenvalue weighted by atomic mass is 16.3. The van der Waals surface area contributed by atoms with Gasteiger partial charge in [0.05, 0.1) is 0 Å². The van der Waals surface area contributed by atoms with E-state index in [1.54, 1.807) is 6.07 Å². The maximum atomic E-state index is 12.3. The van der Waals surface area contributed by atoms with Crippen molar-refractivity contribution >= 4 is 5.78 Å². The molecule has 3 nitrogen and oxygen atoms in total. The fourth-order valence-corrected chi connectivity index (χ4v) is 4.75. The molecule has 4 atom stereocenters. The van der Waals surface area contributed by atoms with E-state index in [1.165, 1.54) is 16.7 Å². The number of carbonyl (C=O) groups is 1. The van der Waals surface area contributed by atoms with Gasteiger partial charge in [-0.15, -0.1) is 0 Å². The van der Waals surface area contributed by atoms with Crippen molar-refractivity contribution in [3.8, 4) is 5.75 Å². The zero-order chi connectivity index (χ0) is 14.8. The lowest BCUT2D eigenvalue weighted by Crippen LogP contribution is -2.38. The molecule has 3 heteroatoms. The van der Waals surface area contributed by atoms with Crippen LogP contribution in [0.3, 0.4) is 0 Å². The van der Waals surface area contributed by atoms with Crippen molar-refractivity contribution in [3.05, 3.63) is 41.0 Å². The van der Waals surface area contributed by atoms with E-state index in [2.05, 4.69) is 6.08 Å². The Hall–Kier alpha value is -1.61. The third-order valence-corrected chi connectivity index (χ3v) is 5.91. The monoisotopic (exact) mass is 284 g/mol. The topological polar surface area (TPSA) is 57.5 Å². The number of Topliss-reactive ketones (excluding diaryl/α,β-unsaturated/α-hetero) is 1. The highest BCUT2D eigenvalue weighted by Crippen LogP contribution is 2.57. The molecule has 2 N–H and O–H groups in total. The van der Waals surface area contributed by atoms with Crippen LogP contribution < -0.4 is 0 Å². The maximum Gasteiger partial charge on any atom is 0.167 e. The van der Waals surface area contributed by atoms with Crippen LogP contribution in [0, 0.1) is 11.3 Å². The van der Waals surface area contributed by atoms with Crippen LogP contribution in [0.5, 0.6) is 5.75 Å². The first-order valence-electron chi connectivity index (χ1n) is 7.75. The van der Waals surface area contributed by atoms with Gasteiger partial charge in [0.15, 0.2) is 5.78 Å². The number of aliphatic hydroxyl groups excluding tert-OH is 1. The van der Waals surface area contributed by atoms with Gasteiger partial charge in [0.25, 0.3) is 0 Å². The number of phenols is 1. The molecule has 4 rings (SSSR count). The van der Waals surface area contributed by atoms with Crippen molar-refractivity contribution in [2.24, 2.45) is 11.3 Å². The van der Waals surface area contributed by atoms with Crippen molar-refractivity contribution < 1.29 is 15.0 Å². The zero-order valence-electron chi connectivity index (χ0n) is 12.2. The van der Waals surface area contributed by atoms with Gasteiger partial charge in [0.1, 0.15) is 11.9 Å². The summed E-state index contributed by atoms with van der Waals surface area (Å²) in [5.41, 5.74) is 3.45. The minimum Gasteiger partial charge on any atom is -0.508 e. The molecule has 0 amide bonds. The smallest absolute Gasteiger partial charge is 0.167 e. The highest BCUT2D eigenvalue weighted by molar-refractivity contribution is 5.92. The van der Waals surface area contributed by atoms with Crippen molar-refractivity contribution in [2.75, 3.05) is 0 Å². The van der Waals surface area contributed by atoms with Gasteiger partial charge in [0, 0.05) is 11.3 Å². The molecule has 0 aromatic heterocycles. The molecular weight excluding hydrogens is 264 g/mol. The van der Waals surface area contributed by atoms with Gasteiger partial charge >= 0.3 is 0 Å². The maximum absolute atomic E-state index is 12.3. The molecular formula is C18H20O3. The highest BCUT2D eigenvalue weighted by Gasteiger charge is 2.55. The number of hydrogen-bond donors (Lipinski definition) is 2. The summed E-state index contributed by atoms with van der Waals surface area (Å²) in [6, 6.07) is 5.63. The molecule has 3 aliphatic carbocycles. The van der Waals surface area contributed by atoms with E-state index in [4.69, 9.17) is 0 Å². The number of phenolic OH excluding ortho intramolecular Hbond substituents is 1. The Morgan fingerprint density at radius 3 is 2.95 bits per heavy atom. The molecule has 2 saturated carbocycles. The minimum atomic E-state index is -0.791. The number of aliphatic hydroxyl groups is 1. The molecule has 3 aliphatic rings. The average molecular weight is 284 g/mol. The van der Waals surface area contributed by atoms with Crippen molar-refractivity contribution in [3.63, 3.8) is 0 Å². The molecule has 0 unspecified atom stereocenters. The molecule has 0 bridgehead atoms. The summed E-state index contributed by atoms with van der Waals surface area (Å²) in [5.74, 6) is 0.882. The number of ketones is 1. The Balaban J connectivity index is 1.77. The summed E-state index contributed by atoms with van der Waals surface area (Å²) in [6.45, 7) is 2.03. The summed E-state index contributed by atoms with van der Waals surface area (Å²) < 4.78 is 0. The average Bonchev–Trinajstić information content (AvgIpc) is 2.70. The second kappa shape index (κ2) is 4.20. The molecule has 1 aromatic carbocycles. The number of benzene rings is 1. The van der Waals surface area contributed by atoms with Crippen LogP contribution in [0.25, 0.3) is 0 Å². The van der Waals surface area contributed by atoms with E-state index < -0.39 is 6.10 Å². The molecule has 0 heterocycles. The lowest BCUT2D eigenvalue weighted by atomic mass is 9.60. The van der Waals surface area contributed by atoms with Gasteiger partial charge in [-0.25, -0.2) is 0 Å². The molecule has 2 fully saturated rings. The summed E-state index contributed by atoms with van der Waals surface area (Å²) in [4.78, 5) is 12.3. The molecule has 110 valence electrons. The number of hydrogen-bond acceptors (Lipinski definition) is 3. The quantitative estimate of drug-likeness (QED) is 0.720. The molecule has 0 saturated heterocycles. The summed E-state index contributed by atoms with van der Waals surface area (Å²) in [5, 5.41) is 19.7. The Morgan fingerprint density at radius 2 is 2.14 bits per heavy atom. The first-order chi connectivity index (χ1) is 10.0. The number of aromatic hydroxyl groups is 1. The van der Waals surface area contributed by atoms with Crippen molar-refractivity contribution in [2.45, 2.75) is 44.6 Å². The van der Waals surface area contributed by atoms with Crippen LogP contribution in [-0.4, -0.2) is 22.1 Å². The SMILES string of the molecule is C[C@]12CC[C@H]3C(=CCc4cc(O)ccc43)[C@@H]1C[C@@H](O)C2=O. The van der Waals surface area contributed by atoms with E-state index in [0.717, 1.165) is 19.3 Å². The van der Waals surface area contributed by atoms with Gasteiger partial charge in [-0.2, -0.15) is 0 Å². The lowest BCUT2D eigenvalue weighted by molar-refractivity contribution is -0.133. The molecule has 0 radical (unpaired) electrons. The second-order valence-corrected chi connectivity index (χ2v) is 6.97. The molecule has 21 heavy (non-hydrogen) atoms. The number of carbonyl (C=O) groups excluding carboxylic acids is 1. The van der Waals surface area contributed by atoms with Gasteiger partial charge < -0.3 is 10.2 Å². The normalized spacial score (nSPS) is 37.5. The lowest BCUT2D eigenvalue weighted by Gasteiger charge is -2.43. The van der Waals surface area contributed by atoms with Crippen molar-refractivity contribution in [1.82, 2.24) is 0 Å². The predicted octanol–water partition coefficient (Wildman–Crippen LogP) is 2.71. The van der Waals surface area contributed by atoms with Gasteiger partial charge in [0.2, 0.25) is 0 Å². The van der Waals surface area contributed by atoms with Crippen molar-refractivity contribution in [1.29, 1.82) is 0 Å². The predicted molar refractivity (Wildman–Crippen MR) is 79.1 cm³/mol. The van der Waals surface area contributed by atoms with Crippen LogP contribution in [0.4, 0.5) is 0 Å². The van der Waals surface area contributed by atoms with Gasteiger partial charge in [-0.1, -0.05) is 24.6 Å². The summed E-state index contributed by atoms with van der Waals surface area (Å²) in [6.07, 6.45) is 4.63. The summed E-state index contributed by atoms with van der Waals surface area (Å²) in [7, 11) is 0. The van der Waals surface area contributed by atoms with E-state index in [1.807, 2.05) is 19.1 Å². The number of fused-ring (bicyclic) bond motifs is 5. The Bertz CT molecular complexity index is 660. The molecule has 1 aromatic rings. The Labute approximate surface area is 124 Å². The Morgan fingerprint density at radius 1 is 1.33 bits per heavy atom. The van der Waals surface area contributed by atoms with Crippen LogP contribution in [0.2, 0.25) is 0 Å². The van der Waals surface area contributed by atoms with Crippen LogP contribution in [0.1, 0.15) is 43.2 Å². The zero-order valence-corrected chi connectivity index (χ0v) is 12.2. The Kier molecular flexibility index (Phi) is 2.62. The van der Waals surface area contributed by atoms with E-state index in [0.29, 0.717) is 18.1 Å². The minimum absolute atomic E-state index is 0.0309. The van der Waals surface area contributed by atoms with E-state index in [9.17, 15) is 15.0 Å². The number of rotatable bonds is 0. The standard InChI is InChI=1S/C18H20O3/c1-18-7-6-13-12-5-3-11(19)8-10(12)2-4-14(13)15(18)9-16(20)17(18)21/h3-5,8,13,15-16,19-20H,2,6-7,9H2,1H3/t13-,15+,16-,18+/m1/s1. The first-order valence-corrected chi connectivity index (χ1v) is 7.75. The van der Waals surface area contributed by atoms with E-state index in [-0.39, 0.29) is 17.1 Å². The largest absolute Gasteiger partial charge is 0.508 e. The first kappa shape index (κ1) is 13.1. The molecule has 0 spiro atoms. The van der Waals surface area contributed by atoms with E-state index >= 15 is 0 Å². The van der Waals surface area contributed by atoms with Gasteiger partial charge in [-0.05, 0) is 54.9 Å². The fourth-order valence-electron chi connectivity index (χ4n) is 4.75. The van der Waals surface area contributed by atoms with Crippen LogP contribution in [-0.2, 0) is 11.2 Å². The fraction of sp³-hybridized carbons (Fsp3) is 0.500. The third kappa shape index (κ3) is 1.67. The number of allylic oxidation sites excluding steroid dienone is 2. The second-order valence-electron chi connectivity index (χ2n) is 6.97. The summed E-state index contributed by atoms with van der Waals surface area (Å²) >= 11 is 0.